The fourth-order valence-corrected chi connectivity index (χ4v) is 4.93. The van der Waals surface area contributed by atoms with Crippen LogP contribution in [0.5, 0.6) is 0 Å². The number of thiophene rings is 1. The van der Waals surface area contributed by atoms with Crippen LogP contribution in [-0.4, -0.2) is 69.6 Å². The molecule has 0 saturated carbocycles. The average molecular weight is 538 g/mol. The van der Waals surface area contributed by atoms with Crippen molar-refractivity contribution in [2.24, 2.45) is 16.1 Å². The zero-order valence-electron chi connectivity index (χ0n) is 18.6. The molecule has 13 heteroatoms. The number of rotatable bonds is 5. The quantitative estimate of drug-likeness (QED) is 0.397. The summed E-state index contributed by atoms with van der Waals surface area (Å²) in [4.78, 5) is 40.0. The SMILES string of the molecule is CC1=NN(c2ccc(Cl)c(Cl)c2)C(=O)C1/C(C)=N/NC(=O)c1ccc(C(=O)N2CC(O)C(O)C2)s1. The maximum absolute atomic E-state index is 13.0. The number of carbonyl (C=O) groups excluding carboxylic acids is 3. The average Bonchev–Trinajstić information content (AvgIpc) is 3.51. The topological polar surface area (TPSA) is 135 Å². The van der Waals surface area contributed by atoms with Crippen LogP contribution in [0.25, 0.3) is 0 Å². The Kier molecular flexibility index (Phi) is 7.25. The van der Waals surface area contributed by atoms with Gasteiger partial charge < -0.3 is 15.1 Å². The Bertz CT molecular complexity index is 1250. The van der Waals surface area contributed by atoms with Gasteiger partial charge >= 0.3 is 0 Å². The number of nitrogens with one attached hydrogen (secondary N) is 1. The Labute approximate surface area is 214 Å². The number of hydrogen-bond acceptors (Lipinski definition) is 8. The van der Waals surface area contributed by atoms with E-state index >= 15 is 0 Å². The van der Waals surface area contributed by atoms with Crippen LogP contribution in [0.4, 0.5) is 5.69 Å². The van der Waals surface area contributed by atoms with Gasteiger partial charge in [-0.2, -0.15) is 15.2 Å². The molecule has 0 radical (unpaired) electrons. The normalized spacial score (nSPS) is 22.6. The standard InChI is InChI=1S/C22H21Cl2N5O5S/c1-10(19-11(2)27-29(22(19)34)12-3-4-13(23)14(24)7-12)25-26-20(32)17-5-6-18(35-17)21(33)28-8-15(30)16(31)9-28/h3-7,15-16,19,30-31H,8-9H2,1-2H3,(H,26,32)/b25-10+. The van der Waals surface area contributed by atoms with E-state index in [9.17, 15) is 24.6 Å². The van der Waals surface area contributed by atoms with Gasteiger partial charge in [-0.25, -0.2) is 5.43 Å². The molecule has 1 aromatic heterocycles. The van der Waals surface area contributed by atoms with Gasteiger partial charge in [-0.3, -0.25) is 14.4 Å². The number of hydrogen-bond donors (Lipinski definition) is 3. The first-order valence-corrected chi connectivity index (χ1v) is 12.1. The second kappa shape index (κ2) is 10.0. The third kappa shape index (κ3) is 5.09. The smallest absolute Gasteiger partial charge is 0.281 e. The number of β-amino-alcohol motifs (C(OH)–C–C–N with tert-alkyl or cyclic N) is 2. The molecule has 3 N–H and O–H groups in total. The van der Waals surface area contributed by atoms with Crippen LogP contribution in [0.3, 0.4) is 0 Å². The first-order valence-electron chi connectivity index (χ1n) is 10.5. The lowest BCUT2D eigenvalue weighted by Crippen LogP contribution is -2.33. The number of carbonyl (C=O) groups is 3. The molecule has 0 spiro atoms. The summed E-state index contributed by atoms with van der Waals surface area (Å²) in [6.07, 6.45) is -1.98. The van der Waals surface area contributed by atoms with Crippen LogP contribution in [0, 0.1) is 5.92 Å². The van der Waals surface area contributed by atoms with Crippen molar-refractivity contribution in [3.05, 3.63) is 50.1 Å². The van der Waals surface area contributed by atoms with Crippen molar-refractivity contribution in [1.82, 2.24) is 10.3 Å². The van der Waals surface area contributed by atoms with E-state index in [0.717, 1.165) is 11.3 Å². The third-order valence-electron chi connectivity index (χ3n) is 5.62. The number of aliphatic hydroxyl groups is 2. The van der Waals surface area contributed by atoms with Crippen molar-refractivity contribution in [1.29, 1.82) is 0 Å². The highest BCUT2D eigenvalue weighted by Crippen LogP contribution is 2.31. The van der Waals surface area contributed by atoms with Crippen molar-refractivity contribution in [3.8, 4) is 0 Å². The molecule has 10 nitrogen and oxygen atoms in total. The van der Waals surface area contributed by atoms with Gasteiger partial charge in [-0.15, -0.1) is 11.3 Å². The zero-order valence-corrected chi connectivity index (χ0v) is 20.9. The van der Waals surface area contributed by atoms with Crippen LogP contribution >= 0.6 is 34.5 Å². The summed E-state index contributed by atoms with van der Waals surface area (Å²) in [5.74, 6) is -2.04. The number of benzene rings is 1. The van der Waals surface area contributed by atoms with Gasteiger partial charge in [0.25, 0.3) is 17.7 Å². The number of aliphatic hydroxyl groups excluding tert-OH is 2. The van der Waals surface area contributed by atoms with Crippen molar-refractivity contribution in [2.75, 3.05) is 18.1 Å². The minimum absolute atomic E-state index is 0.0263. The number of likely N-dealkylation sites (tertiary alicyclic amines) is 1. The predicted octanol–water partition coefficient (Wildman–Crippen LogP) is 2.38. The highest BCUT2D eigenvalue weighted by molar-refractivity contribution is 7.15. The largest absolute Gasteiger partial charge is 0.388 e. The molecule has 1 saturated heterocycles. The molecule has 2 aromatic rings. The molecule has 3 atom stereocenters. The van der Waals surface area contributed by atoms with Gasteiger partial charge in [0.1, 0.15) is 5.92 Å². The van der Waals surface area contributed by atoms with Crippen molar-refractivity contribution in [3.63, 3.8) is 0 Å². The lowest BCUT2D eigenvalue weighted by Gasteiger charge is -2.15. The molecule has 3 heterocycles. The molecule has 1 fully saturated rings. The van der Waals surface area contributed by atoms with E-state index in [1.54, 1.807) is 26.0 Å². The molecular weight excluding hydrogens is 517 g/mol. The van der Waals surface area contributed by atoms with Crippen molar-refractivity contribution >= 4 is 69.4 Å². The van der Waals surface area contributed by atoms with Gasteiger partial charge in [-0.1, -0.05) is 23.2 Å². The summed E-state index contributed by atoms with van der Waals surface area (Å²) in [5.41, 5.74) is 3.70. The fraction of sp³-hybridized carbons (Fsp3) is 0.318. The van der Waals surface area contributed by atoms with Gasteiger partial charge in [0.05, 0.1) is 49.1 Å². The summed E-state index contributed by atoms with van der Waals surface area (Å²) in [7, 11) is 0. The first-order chi connectivity index (χ1) is 16.6. The molecule has 3 amide bonds. The molecule has 3 unspecified atom stereocenters. The van der Waals surface area contributed by atoms with Crippen LogP contribution < -0.4 is 10.4 Å². The van der Waals surface area contributed by atoms with E-state index in [2.05, 4.69) is 15.6 Å². The summed E-state index contributed by atoms with van der Waals surface area (Å²) >= 11 is 13.0. The molecular formula is C22H21Cl2N5O5S. The summed E-state index contributed by atoms with van der Waals surface area (Å²) in [6, 6.07) is 7.72. The van der Waals surface area contributed by atoms with Gasteiger partial charge in [0.2, 0.25) is 0 Å². The predicted molar refractivity (Wildman–Crippen MR) is 133 cm³/mol. The minimum Gasteiger partial charge on any atom is -0.388 e. The Morgan fingerprint density at radius 2 is 1.77 bits per heavy atom. The van der Waals surface area contributed by atoms with E-state index in [1.165, 1.54) is 28.1 Å². The van der Waals surface area contributed by atoms with E-state index in [0.29, 0.717) is 27.0 Å². The first kappa shape index (κ1) is 25.3. The monoisotopic (exact) mass is 537 g/mol. The van der Waals surface area contributed by atoms with Crippen LogP contribution in [0.15, 0.2) is 40.5 Å². The van der Waals surface area contributed by atoms with Crippen LogP contribution in [0.1, 0.15) is 33.2 Å². The van der Waals surface area contributed by atoms with E-state index in [1.807, 2.05) is 0 Å². The Hall–Kier alpha value is -2.83. The summed E-state index contributed by atoms with van der Waals surface area (Å²) < 4.78 is 0. The second-order valence-electron chi connectivity index (χ2n) is 8.13. The lowest BCUT2D eigenvalue weighted by atomic mass is 9.99. The molecule has 2 aliphatic rings. The Balaban J connectivity index is 1.41. The maximum atomic E-state index is 13.0. The molecule has 0 bridgehead atoms. The number of halogens is 2. The van der Waals surface area contributed by atoms with Crippen molar-refractivity contribution in [2.45, 2.75) is 26.1 Å². The van der Waals surface area contributed by atoms with Crippen LogP contribution in [-0.2, 0) is 4.79 Å². The molecule has 2 aliphatic heterocycles. The zero-order chi connectivity index (χ0) is 25.4. The molecule has 184 valence electrons. The lowest BCUT2D eigenvalue weighted by molar-refractivity contribution is -0.118. The van der Waals surface area contributed by atoms with E-state index in [4.69, 9.17) is 23.2 Å². The molecule has 1 aromatic carbocycles. The number of amides is 3. The van der Waals surface area contributed by atoms with Gasteiger partial charge in [0, 0.05) is 13.1 Å². The Morgan fingerprint density at radius 1 is 1.11 bits per heavy atom. The number of nitrogens with zero attached hydrogens (tertiary/aromatic N) is 4. The third-order valence-corrected chi connectivity index (χ3v) is 7.43. The minimum atomic E-state index is -0.989. The van der Waals surface area contributed by atoms with Crippen molar-refractivity contribution < 1.29 is 24.6 Å². The number of anilines is 1. The molecule has 0 aliphatic carbocycles. The highest BCUT2D eigenvalue weighted by atomic mass is 35.5. The number of hydrazone groups is 2. The van der Waals surface area contributed by atoms with Crippen LogP contribution in [0.2, 0.25) is 10.0 Å². The van der Waals surface area contributed by atoms with Gasteiger partial charge in [0.15, 0.2) is 0 Å². The fourth-order valence-electron chi connectivity index (χ4n) is 3.77. The summed E-state index contributed by atoms with van der Waals surface area (Å²) in [5, 5.41) is 29.5. The molecule has 4 rings (SSSR count). The second-order valence-corrected chi connectivity index (χ2v) is 10.0. The van der Waals surface area contributed by atoms with E-state index in [-0.39, 0.29) is 34.8 Å². The Morgan fingerprint density at radius 3 is 2.43 bits per heavy atom. The highest BCUT2D eigenvalue weighted by Gasteiger charge is 2.37. The molecule has 35 heavy (non-hydrogen) atoms. The van der Waals surface area contributed by atoms with E-state index < -0.39 is 24.0 Å². The maximum Gasteiger partial charge on any atom is 0.281 e. The summed E-state index contributed by atoms with van der Waals surface area (Å²) in [6.45, 7) is 3.34. The van der Waals surface area contributed by atoms with Gasteiger partial charge in [-0.05, 0) is 44.2 Å².